The maximum atomic E-state index is 12.0. The molecule has 0 aliphatic rings. The number of methoxy groups -OCH3 is 3. The van der Waals surface area contributed by atoms with Gasteiger partial charge in [0.2, 0.25) is 0 Å². The van der Waals surface area contributed by atoms with Crippen LogP contribution in [0.25, 0.3) is 11.1 Å². The fourth-order valence-corrected chi connectivity index (χ4v) is 2.49. The molecule has 0 aromatic heterocycles. The Morgan fingerprint density at radius 2 is 1.46 bits per heavy atom. The monoisotopic (exact) mass is 359 g/mol. The Morgan fingerprint density at radius 3 is 1.92 bits per heavy atom. The molecule has 0 amide bonds. The number of esters is 2. The summed E-state index contributed by atoms with van der Waals surface area (Å²) in [4.78, 5) is 34.8. The molecule has 0 bridgehead atoms. The lowest BCUT2D eigenvalue weighted by Crippen LogP contribution is -2.25. The van der Waals surface area contributed by atoms with E-state index in [1.165, 1.54) is 19.2 Å². The van der Waals surface area contributed by atoms with Crippen LogP contribution in [0.15, 0.2) is 42.5 Å². The average Bonchev–Trinajstić information content (AvgIpc) is 2.67. The second kappa shape index (κ2) is 8.11. The summed E-state index contributed by atoms with van der Waals surface area (Å²) in [6, 6.07) is 11.2. The highest BCUT2D eigenvalue weighted by Gasteiger charge is 2.36. The van der Waals surface area contributed by atoms with Gasteiger partial charge in [0, 0.05) is 6.07 Å². The smallest absolute Gasteiger partial charge is 0.324 e. The van der Waals surface area contributed by atoms with Crippen molar-refractivity contribution in [1.29, 1.82) is 0 Å². The van der Waals surface area contributed by atoms with Crippen molar-refractivity contribution in [1.82, 2.24) is 0 Å². The highest BCUT2D eigenvalue weighted by molar-refractivity contribution is 6.01. The van der Waals surface area contributed by atoms with Gasteiger partial charge in [0.1, 0.15) is 5.75 Å². The number of nitro benzene ring substituents is 1. The minimum absolute atomic E-state index is 0.0917. The molecule has 0 spiro atoms. The minimum Gasteiger partial charge on any atom is -0.497 e. The topological polar surface area (TPSA) is 105 Å². The number of rotatable bonds is 6. The molecule has 0 radical (unpaired) electrons. The van der Waals surface area contributed by atoms with Gasteiger partial charge in [-0.2, -0.15) is 0 Å². The molecular weight excluding hydrogens is 342 g/mol. The van der Waals surface area contributed by atoms with Crippen LogP contribution in [-0.4, -0.2) is 38.2 Å². The van der Waals surface area contributed by atoms with E-state index in [0.717, 1.165) is 14.2 Å². The first-order chi connectivity index (χ1) is 12.4. The standard InChI is InChI=1S/C18H17NO7/c1-24-13-7-4-11(5-8-13)12-6-9-14(15(10-12)19(22)23)16(17(20)25-2)18(21)26-3/h4-10,16H,1-3H3. The molecule has 2 aromatic rings. The van der Waals surface area contributed by atoms with Crippen molar-refractivity contribution in [2.45, 2.75) is 5.92 Å². The second-order valence-electron chi connectivity index (χ2n) is 5.24. The van der Waals surface area contributed by atoms with Crippen molar-refractivity contribution < 1.29 is 28.7 Å². The fourth-order valence-electron chi connectivity index (χ4n) is 2.49. The van der Waals surface area contributed by atoms with Gasteiger partial charge < -0.3 is 14.2 Å². The van der Waals surface area contributed by atoms with Gasteiger partial charge in [-0.3, -0.25) is 19.7 Å². The molecule has 2 rings (SSSR count). The molecule has 26 heavy (non-hydrogen) atoms. The predicted octanol–water partition coefficient (Wildman–Crippen LogP) is 2.70. The zero-order chi connectivity index (χ0) is 19.3. The van der Waals surface area contributed by atoms with Crippen LogP contribution in [0.5, 0.6) is 5.75 Å². The van der Waals surface area contributed by atoms with Gasteiger partial charge in [-0.1, -0.05) is 24.3 Å². The van der Waals surface area contributed by atoms with Gasteiger partial charge in [0.25, 0.3) is 5.69 Å². The van der Waals surface area contributed by atoms with E-state index >= 15 is 0 Å². The highest BCUT2D eigenvalue weighted by atomic mass is 16.6. The Bertz CT molecular complexity index is 814. The number of nitrogens with zero attached hydrogens (tertiary/aromatic N) is 1. The number of ether oxygens (including phenoxy) is 3. The summed E-state index contributed by atoms with van der Waals surface area (Å²) in [6.45, 7) is 0. The number of hydrogen-bond acceptors (Lipinski definition) is 7. The summed E-state index contributed by atoms with van der Waals surface area (Å²) >= 11 is 0. The molecular formula is C18H17NO7. The van der Waals surface area contributed by atoms with Gasteiger partial charge in [0.15, 0.2) is 5.92 Å². The third-order valence-corrected chi connectivity index (χ3v) is 3.84. The van der Waals surface area contributed by atoms with Gasteiger partial charge in [-0.25, -0.2) is 0 Å². The maximum absolute atomic E-state index is 12.0. The van der Waals surface area contributed by atoms with E-state index < -0.39 is 22.8 Å². The van der Waals surface area contributed by atoms with E-state index in [-0.39, 0.29) is 11.3 Å². The molecule has 0 aliphatic heterocycles. The number of benzene rings is 2. The van der Waals surface area contributed by atoms with Crippen molar-refractivity contribution in [2.75, 3.05) is 21.3 Å². The first-order valence-electron chi connectivity index (χ1n) is 7.51. The summed E-state index contributed by atoms with van der Waals surface area (Å²) in [5.41, 5.74) is 0.801. The van der Waals surface area contributed by atoms with E-state index in [4.69, 9.17) is 4.74 Å². The van der Waals surface area contributed by atoms with Gasteiger partial charge in [-0.15, -0.1) is 0 Å². The van der Waals surface area contributed by atoms with Crippen LogP contribution in [0.3, 0.4) is 0 Å². The van der Waals surface area contributed by atoms with Crippen LogP contribution in [0.4, 0.5) is 5.69 Å². The quantitative estimate of drug-likeness (QED) is 0.338. The molecule has 8 heteroatoms. The largest absolute Gasteiger partial charge is 0.497 e. The Hall–Kier alpha value is -3.42. The predicted molar refractivity (Wildman–Crippen MR) is 91.9 cm³/mol. The van der Waals surface area contributed by atoms with E-state index in [1.807, 2.05) is 0 Å². The fraction of sp³-hybridized carbons (Fsp3) is 0.222. The molecule has 0 saturated carbocycles. The Labute approximate surface area is 149 Å². The number of carbonyl (C=O) groups excluding carboxylic acids is 2. The Morgan fingerprint density at radius 1 is 0.923 bits per heavy atom. The van der Waals surface area contributed by atoms with Crippen LogP contribution in [0.1, 0.15) is 11.5 Å². The second-order valence-corrected chi connectivity index (χ2v) is 5.24. The minimum atomic E-state index is -1.53. The lowest BCUT2D eigenvalue weighted by Gasteiger charge is -2.14. The molecule has 0 N–H and O–H groups in total. The molecule has 0 saturated heterocycles. The van der Waals surface area contributed by atoms with Gasteiger partial charge in [0.05, 0.1) is 31.8 Å². The highest BCUT2D eigenvalue weighted by Crippen LogP contribution is 2.33. The summed E-state index contributed by atoms with van der Waals surface area (Å²) in [5, 5.41) is 11.5. The zero-order valence-corrected chi connectivity index (χ0v) is 14.4. The molecule has 2 aromatic carbocycles. The first kappa shape index (κ1) is 18.9. The Kier molecular flexibility index (Phi) is 5.90. The number of nitro groups is 1. The Balaban J connectivity index is 2.55. The van der Waals surface area contributed by atoms with Crippen molar-refractivity contribution in [3.63, 3.8) is 0 Å². The lowest BCUT2D eigenvalue weighted by molar-refractivity contribution is -0.385. The third-order valence-electron chi connectivity index (χ3n) is 3.84. The molecule has 0 fully saturated rings. The van der Waals surface area contributed by atoms with E-state index in [1.54, 1.807) is 30.3 Å². The van der Waals surface area contributed by atoms with Gasteiger partial charge >= 0.3 is 11.9 Å². The van der Waals surface area contributed by atoms with Crippen LogP contribution >= 0.6 is 0 Å². The van der Waals surface area contributed by atoms with Crippen molar-refractivity contribution in [2.24, 2.45) is 0 Å². The molecule has 0 unspecified atom stereocenters. The molecule has 136 valence electrons. The maximum Gasteiger partial charge on any atom is 0.324 e. The molecule has 0 aliphatic carbocycles. The number of carbonyl (C=O) groups is 2. The van der Waals surface area contributed by atoms with Crippen LogP contribution in [0.2, 0.25) is 0 Å². The summed E-state index contributed by atoms with van der Waals surface area (Å²) in [7, 11) is 3.72. The summed E-state index contributed by atoms with van der Waals surface area (Å²) in [5.74, 6) is -2.75. The van der Waals surface area contributed by atoms with E-state index in [9.17, 15) is 19.7 Å². The lowest BCUT2D eigenvalue weighted by atomic mass is 9.94. The van der Waals surface area contributed by atoms with Crippen LogP contribution in [0, 0.1) is 10.1 Å². The zero-order valence-electron chi connectivity index (χ0n) is 14.4. The van der Waals surface area contributed by atoms with Crippen molar-refractivity contribution >= 4 is 17.6 Å². The van der Waals surface area contributed by atoms with Crippen LogP contribution in [-0.2, 0) is 19.1 Å². The number of hydrogen-bond donors (Lipinski definition) is 0. The normalized spacial score (nSPS) is 10.3. The van der Waals surface area contributed by atoms with E-state index in [0.29, 0.717) is 16.9 Å². The molecule has 8 nitrogen and oxygen atoms in total. The summed E-state index contributed by atoms with van der Waals surface area (Å²) < 4.78 is 14.3. The third kappa shape index (κ3) is 3.80. The first-order valence-corrected chi connectivity index (χ1v) is 7.51. The molecule has 0 heterocycles. The average molecular weight is 359 g/mol. The van der Waals surface area contributed by atoms with Crippen molar-refractivity contribution in [3.05, 3.63) is 58.1 Å². The summed E-state index contributed by atoms with van der Waals surface area (Å²) in [6.07, 6.45) is 0. The SMILES string of the molecule is COC(=O)C(C(=O)OC)c1ccc(-c2ccc(OC)cc2)cc1[N+](=O)[O-]. The molecule has 0 atom stereocenters. The van der Waals surface area contributed by atoms with E-state index in [2.05, 4.69) is 9.47 Å². The van der Waals surface area contributed by atoms with Crippen molar-refractivity contribution in [3.8, 4) is 16.9 Å². The van der Waals surface area contributed by atoms with Crippen LogP contribution < -0.4 is 4.74 Å². The van der Waals surface area contributed by atoms with Gasteiger partial charge in [-0.05, 0) is 23.3 Å².